The number of hydrogen-bond donors (Lipinski definition) is 2. The fourth-order valence-electron chi connectivity index (χ4n) is 2.24. The number of thiocarbonyl (C=S) groups is 1. The quantitative estimate of drug-likeness (QED) is 0.837. The molecule has 1 aromatic carbocycles. The van der Waals surface area contributed by atoms with Gasteiger partial charge in [0.15, 0.2) is 0 Å². The lowest BCUT2D eigenvalue weighted by molar-refractivity contribution is 0.0540. The zero-order valence-corrected chi connectivity index (χ0v) is 12.7. The Kier molecular flexibility index (Phi) is 4.25. The molecule has 1 heterocycles. The normalized spacial score (nSPS) is 23.7. The van der Waals surface area contributed by atoms with Crippen LogP contribution in [0.5, 0.6) is 0 Å². The second kappa shape index (κ2) is 5.55. The number of halogens is 1. The van der Waals surface area contributed by atoms with Crippen LogP contribution < -0.4 is 11.1 Å². The van der Waals surface area contributed by atoms with Crippen molar-refractivity contribution in [2.75, 3.05) is 18.5 Å². The van der Waals surface area contributed by atoms with Crippen LogP contribution in [0, 0.1) is 0 Å². The molecular formula is C13H17BrN2OS. The zero-order chi connectivity index (χ0) is 13.2. The monoisotopic (exact) mass is 328 g/mol. The molecule has 0 aromatic heterocycles. The predicted octanol–water partition coefficient (Wildman–Crippen LogP) is 3.06. The molecule has 1 unspecified atom stereocenters. The summed E-state index contributed by atoms with van der Waals surface area (Å²) in [5.74, 6) is 0. The van der Waals surface area contributed by atoms with Gasteiger partial charge in [0.05, 0.1) is 12.1 Å². The molecule has 1 aliphatic heterocycles. The summed E-state index contributed by atoms with van der Waals surface area (Å²) < 4.78 is 6.47. The highest BCUT2D eigenvalue weighted by molar-refractivity contribution is 9.10. The Bertz CT molecular complexity index is 458. The summed E-state index contributed by atoms with van der Waals surface area (Å²) in [6.45, 7) is 3.71. The van der Waals surface area contributed by atoms with Crippen molar-refractivity contribution in [2.24, 2.45) is 5.73 Å². The lowest BCUT2D eigenvalue weighted by atomic mass is 9.94. The first kappa shape index (κ1) is 13.8. The largest absolute Gasteiger partial charge is 0.389 e. The van der Waals surface area contributed by atoms with E-state index in [0.29, 0.717) is 11.6 Å². The Morgan fingerprint density at radius 3 is 2.94 bits per heavy atom. The summed E-state index contributed by atoms with van der Waals surface area (Å²) in [6.07, 6.45) is 2.15. The molecule has 3 N–H and O–H groups in total. The van der Waals surface area contributed by atoms with Crippen LogP contribution >= 0.6 is 28.1 Å². The smallest absolute Gasteiger partial charge is 0.107 e. The van der Waals surface area contributed by atoms with E-state index in [4.69, 9.17) is 22.7 Å². The van der Waals surface area contributed by atoms with Crippen LogP contribution in [0.15, 0.2) is 22.7 Å². The Hall–Kier alpha value is -0.650. The van der Waals surface area contributed by atoms with Gasteiger partial charge < -0.3 is 15.8 Å². The van der Waals surface area contributed by atoms with Crippen molar-refractivity contribution in [3.8, 4) is 0 Å². The van der Waals surface area contributed by atoms with Crippen LogP contribution in [0.4, 0.5) is 5.69 Å². The Morgan fingerprint density at radius 2 is 2.33 bits per heavy atom. The molecular weight excluding hydrogens is 312 g/mol. The summed E-state index contributed by atoms with van der Waals surface area (Å²) in [5, 5.41) is 3.53. The summed E-state index contributed by atoms with van der Waals surface area (Å²) in [6, 6.07) is 5.92. The van der Waals surface area contributed by atoms with Crippen molar-refractivity contribution in [3.63, 3.8) is 0 Å². The van der Waals surface area contributed by atoms with Crippen molar-refractivity contribution in [1.82, 2.24) is 0 Å². The molecule has 0 bridgehead atoms. The van der Waals surface area contributed by atoms with Gasteiger partial charge in [0, 0.05) is 22.3 Å². The molecule has 0 aliphatic carbocycles. The highest BCUT2D eigenvalue weighted by Gasteiger charge is 2.28. The van der Waals surface area contributed by atoms with E-state index in [0.717, 1.165) is 35.2 Å². The molecule has 2 rings (SSSR count). The van der Waals surface area contributed by atoms with E-state index < -0.39 is 0 Å². The van der Waals surface area contributed by atoms with Gasteiger partial charge in [-0.25, -0.2) is 0 Å². The van der Waals surface area contributed by atoms with Crippen LogP contribution in [0.3, 0.4) is 0 Å². The van der Waals surface area contributed by atoms with Crippen molar-refractivity contribution >= 4 is 38.8 Å². The van der Waals surface area contributed by atoms with E-state index in [-0.39, 0.29) is 5.54 Å². The Labute approximate surface area is 121 Å². The van der Waals surface area contributed by atoms with E-state index in [1.807, 2.05) is 18.2 Å². The highest BCUT2D eigenvalue weighted by Crippen LogP contribution is 2.30. The van der Waals surface area contributed by atoms with Gasteiger partial charge in [0.25, 0.3) is 0 Å². The van der Waals surface area contributed by atoms with E-state index in [1.165, 1.54) is 0 Å². The van der Waals surface area contributed by atoms with Gasteiger partial charge in [0.1, 0.15) is 4.99 Å². The third-order valence-corrected chi connectivity index (χ3v) is 4.00. The van der Waals surface area contributed by atoms with Gasteiger partial charge in [-0.15, -0.1) is 0 Å². The van der Waals surface area contributed by atoms with Gasteiger partial charge in [-0.3, -0.25) is 0 Å². The first-order valence-electron chi connectivity index (χ1n) is 5.96. The molecule has 1 aromatic rings. The third-order valence-electron chi connectivity index (χ3n) is 3.13. The van der Waals surface area contributed by atoms with Gasteiger partial charge in [-0.1, -0.05) is 18.3 Å². The molecule has 0 spiro atoms. The second-order valence-corrected chi connectivity index (χ2v) is 6.16. The van der Waals surface area contributed by atoms with E-state index in [2.05, 4.69) is 28.2 Å². The molecule has 1 aliphatic rings. The fraction of sp³-hybridized carbons (Fsp3) is 0.462. The van der Waals surface area contributed by atoms with E-state index in [9.17, 15) is 0 Å². The van der Waals surface area contributed by atoms with Gasteiger partial charge in [-0.05, 0) is 47.8 Å². The first-order chi connectivity index (χ1) is 8.52. The summed E-state index contributed by atoms with van der Waals surface area (Å²) >= 11 is 8.61. The minimum atomic E-state index is -0.0570. The number of nitrogens with one attached hydrogen (secondary N) is 1. The molecule has 0 radical (unpaired) electrons. The number of hydrogen-bond acceptors (Lipinski definition) is 3. The second-order valence-electron chi connectivity index (χ2n) is 4.87. The topological polar surface area (TPSA) is 47.3 Å². The van der Waals surface area contributed by atoms with Crippen LogP contribution in [0.25, 0.3) is 0 Å². The molecule has 3 nitrogen and oxygen atoms in total. The van der Waals surface area contributed by atoms with E-state index in [1.54, 1.807) is 0 Å². The average molecular weight is 329 g/mol. The number of rotatable bonds is 3. The minimum Gasteiger partial charge on any atom is -0.389 e. The molecule has 5 heteroatoms. The lowest BCUT2D eigenvalue weighted by Crippen LogP contribution is -2.43. The Morgan fingerprint density at radius 1 is 1.56 bits per heavy atom. The number of benzene rings is 1. The van der Waals surface area contributed by atoms with Gasteiger partial charge in [0.2, 0.25) is 0 Å². The maximum absolute atomic E-state index is 5.79. The molecule has 18 heavy (non-hydrogen) atoms. The average Bonchev–Trinajstić information content (AvgIpc) is 2.28. The lowest BCUT2D eigenvalue weighted by Gasteiger charge is -2.36. The SMILES string of the molecule is CC1(Nc2cccc(Br)c2C(N)=S)CCCOC1. The van der Waals surface area contributed by atoms with Gasteiger partial charge >= 0.3 is 0 Å². The zero-order valence-electron chi connectivity index (χ0n) is 10.3. The number of anilines is 1. The number of nitrogens with two attached hydrogens (primary N) is 1. The minimum absolute atomic E-state index is 0.0570. The highest BCUT2D eigenvalue weighted by atomic mass is 79.9. The predicted molar refractivity (Wildman–Crippen MR) is 82.1 cm³/mol. The van der Waals surface area contributed by atoms with Crippen molar-refractivity contribution in [1.29, 1.82) is 0 Å². The standard InChI is InChI=1S/C13H17BrN2OS/c1-13(6-3-7-17-8-13)16-10-5-2-4-9(14)11(10)12(15)18/h2,4-5,16H,3,6-8H2,1H3,(H2,15,18). The van der Waals surface area contributed by atoms with Crippen LogP contribution in [0.2, 0.25) is 0 Å². The maximum Gasteiger partial charge on any atom is 0.107 e. The third kappa shape index (κ3) is 3.02. The van der Waals surface area contributed by atoms with E-state index >= 15 is 0 Å². The molecule has 1 atom stereocenters. The summed E-state index contributed by atoms with van der Waals surface area (Å²) in [5.41, 5.74) is 7.56. The van der Waals surface area contributed by atoms with Crippen LogP contribution in [-0.4, -0.2) is 23.7 Å². The first-order valence-corrected chi connectivity index (χ1v) is 7.16. The maximum atomic E-state index is 5.79. The van der Waals surface area contributed by atoms with Crippen LogP contribution in [-0.2, 0) is 4.74 Å². The van der Waals surface area contributed by atoms with Crippen molar-refractivity contribution < 1.29 is 4.74 Å². The Balaban J connectivity index is 2.28. The fourth-order valence-corrected chi connectivity index (χ4v) is 3.17. The van der Waals surface area contributed by atoms with Crippen LogP contribution in [0.1, 0.15) is 25.3 Å². The summed E-state index contributed by atoms with van der Waals surface area (Å²) in [4.78, 5) is 0.394. The number of ether oxygens (including phenoxy) is 1. The molecule has 1 saturated heterocycles. The van der Waals surface area contributed by atoms with Crippen molar-refractivity contribution in [3.05, 3.63) is 28.2 Å². The molecule has 98 valence electrons. The molecule has 0 saturated carbocycles. The van der Waals surface area contributed by atoms with Gasteiger partial charge in [-0.2, -0.15) is 0 Å². The summed E-state index contributed by atoms with van der Waals surface area (Å²) in [7, 11) is 0. The molecule has 0 amide bonds. The molecule has 1 fully saturated rings. The van der Waals surface area contributed by atoms with Crippen molar-refractivity contribution in [2.45, 2.75) is 25.3 Å².